The standard InChI is InChI=1S/C13H14Cl2FNO3S/c1-2-17(8-3-4-21(19,20)7-8)13(18)9-5-12(16)11(15)6-10(9)14/h5-6,8H,2-4,7H2,1H3. The van der Waals surface area contributed by atoms with Crippen LogP contribution < -0.4 is 0 Å². The van der Waals surface area contributed by atoms with E-state index in [4.69, 9.17) is 23.2 Å². The van der Waals surface area contributed by atoms with Crippen molar-refractivity contribution in [3.8, 4) is 0 Å². The number of nitrogens with zero attached hydrogens (tertiary/aromatic N) is 1. The Labute approximate surface area is 132 Å². The molecular formula is C13H14Cl2FNO3S. The highest BCUT2D eigenvalue weighted by Crippen LogP contribution is 2.27. The van der Waals surface area contributed by atoms with E-state index >= 15 is 0 Å². The van der Waals surface area contributed by atoms with E-state index in [1.54, 1.807) is 6.92 Å². The second-order valence-corrected chi connectivity index (χ2v) is 7.94. The van der Waals surface area contributed by atoms with Gasteiger partial charge in [0.15, 0.2) is 9.84 Å². The average molecular weight is 354 g/mol. The van der Waals surface area contributed by atoms with Gasteiger partial charge in [0, 0.05) is 12.6 Å². The Bertz CT molecular complexity index is 678. The number of benzene rings is 1. The van der Waals surface area contributed by atoms with Gasteiger partial charge < -0.3 is 4.90 Å². The Morgan fingerprint density at radius 3 is 2.57 bits per heavy atom. The highest BCUT2D eigenvalue weighted by Gasteiger charge is 2.34. The van der Waals surface area contributed by atoms with Crippen molar-refractivity contribution in [1.82, 2.24) is 4.90 Å². The SMILES string of the molecule is CCN(C(=O)c1cc(F)c(Cl)cc1Cl)C1CCS(=O)(=O)C1. The number of hydrogen-bond acceptors (Lipinski definition) is 3. The van der Waals surface area contributed by atoms with Gasteiger partial charge in [0.2, 0.25) is 0 Å². The van der Waals surface area contributed by atoms with Crippen molar-refractivity contribution in [3.05, 3.63) is 33.6 Å². The fourth-order valence-corrected chi connectivity index (χ4v) is 4.62. The predicted octanol–water partition coefficient (Wildman–Crippen LogP) is 2.78. The van der Waals surface area contributed by atoms with Crippen LogP contribution in [0.15, 0.2) is 12.1 Å². The van der Waals surface area contributed by atoms with Crippen LogP contribution in [0.1, 0.15) is 23.7 Å². The van der Waals surface area contributed by atoms with Crippen LogP contribution in [-0.2, 0) is 9.84 Å². The fourth-order valence-electron chi connectivity index (χ4n) is 2.43. The van der Waals surface area contributed by atoms with E-state index in [2.05, 4.69) is 0 Å². The first-order valence-corrected chi connectivity index (χ1v) is 8.99. The van der Waals surface area contributed by atoms with Crippen molar-refractivity contribution in [2.75, 3.05) is 18.1 Å². The molecule has 1 saturated heterocycles. The third-order valence-electron chi connectivity index (χ3n) is 3.49. The molecule has 1 aromatic carbocycles. The quantitative estimate of drug-likeness (QED) is 0.785. The lowest BCUT2D eigenvalue weighted by Gasteiger charge is -2.27. The van der Waals surface area contributed by atoms with Gasteiger partial charge in [-0.15, -0.1) is 0 Å². The maximum absolute atomic E-state index is 13.5. The van der Waals surface area contributed by atoms with E-state index < -0.39 is 27.6 Å². The zero-order valence-electron chi connectivity index (χ0n) is 11.3. The molecule has 1 heterocycles. The summed E-state index contributed by atoms with van der Waals surface area (Å²) in [6, 6.07) is 1.76. The Kier molecular flexibility index (Phi) is 4.80. The number of amides is 1. The molecule has 1 amide bonds. The minimum atomic E-state index is -3.11. The lowest BCUT2D eigenvalue weighted by atomic mass is 10.1. The van der Waals surface area contributed by atoms with Crippen molar-refractivity contribution in [1.29, 1.82) is 0 Å². The van der Waals surface area contributed by atoms with Crippen molar-refractivity contribution >= 4 is 38.9 Å². The van der Waals surface area contributed by atoms with Crippen molar-refractivity contribution in [2.24, 2.45) is 0 Å². The summed E-state index contributed by atoms with van der Waals surface area (Å²) in [5.74, 6) is -1.23. The summed E-state index contributed by atoms with van der Waals surface area (Å²) < 4.78 is 36.6. The summed E-state index contributed by atoms with van der Waals surface area (Å²) in [6.07, 6.45) is 0.385. The van der Waals surface area contributed by atoms with E-state index in [-0.39, 0.29) is 27.1 Å². The molecule has 1 atom stereocenters. The lowest BCUT2D eigenvalue weighted by molar-refractivity contribution is 0.0708. The van der Waals surface area contributed by atoms with Crippen LogP contribution in [0.5, 0.6) is 0 Å². The predicted molar refractivity (Wildman–Crippen MR) is 80.2 cm³/mol. The summed E-state index contributed by atoms with van der Waals surface area (Å²) in [7, 11) is -3.11. The van der Waals surface area contributed by atoms with E-state index in [0.29, 0.717) is 13.0 Å². The van der Waals surface area contributed by atoms with Gasteiger partial charge in [0.25, 0.3) is 5.91 Å². The summed E-state index contributed by atoms with van der Waals surface area (Å²) in [6.45, 7) is 2.06. The van der Waals surface area contributed by atoms with Crippen LogP contribution in [0, 0.1) is 5.82 Å². The first-order chi connectivity index (χ1) is 9.75. The van der Waals surface area contributed by atoms with Gasteiger partial charge in [-0.25, -0.2) is 12.8 Å². The Morgan fingerprint density at radius 2 is 2.05 bits per heavy atom. The summed E-state index contributed by atoms with van der Waals surface area (Å²) >= 11 is 11.5. The first-order valence-electron chi connectivity index (χ1n) is 6.41. The molecule has 4 nitrogen and oxygen atoms in total. The van der Waals surface area contributed by atoms with Gasteiger partial charge in [-0.2, -0.15) is 0 Å². The van der Waals surface area contributed by atoms with Gasteiger partial charge in [-0.05, 0) is 25.5 Å². The Hall–Kier alpha value is -0.850. The molecular weight excluding hydrogens is 340 g/mol. The van der Waals surface area contributed by atoms with Crippen LogP contribution in [0.3, 0.4) is 0 Å². The molecule has 0 bridgehead atoms. The normalized spacial score (nSPS) is 20.5. The summed E-state index contributed by atoms with van der Waals surface area (Å²) in [5.41, 5.74) is -0.00952. The molecule has 0 saturated carbocycles. The van der Waals surface area contributed by atoms with Gasteiger partial charge in [-0.1, -0.05) is 23.2 Å². The van der Waals surface area contributed by atoms with Gasteiger partial charge in [0.05, 0.1) is 27.1 Å². The van der Waals surface area contributed by atoms with Crippen molar-refractivity contribution < 1.29 is 17.6 Å². The maximum atomic E-state index is 13.5. The molecule has 1 aliphatic rings. The maximum Gasteiger partial charge on any atom is 0.255 e. The molecule has 2 rings (SSSR count). The number of carbonyl (C=O) groups excluding carboxylic acids is 1. The molecule has 1 aromatic rings. The number of halogens is 3. The fraction of sp³-hybridized carbons (Fsp3) is 0.462. The van der Waals surface area contributed by atoms with Crippen LogP contribution in [0.25, 0.3) is 0 Å². The molecule has 0 N–H and O–H groups in total. The molecule has 0 aromatic heterocycles. The Morgan fingerprint density at radius 1 is 1.38 bits per heavy atom. The minimum Gasteiger partial charge on any atom is -0.335 e. The smallest absolute Gasteiger partial charge is 0.255 e. The largest absolute Gasteiger partial charge is 0.335 e. The lowest BCUT2D eigenvalue weighted by Crippen LogP contribution is -2.41. The van der Waals surface area contributed by atoms with E-state index in [9.17, 15) is 17.6 Å². The molecule has 0 spiro atoms. The second kappa shape index (κ2) is 6.10. The average Bonchev–Trinajstić information content (AvgIpc) is 2.75. The van der Waals surface area contributed by atoms with Crippen molar-refractivity contribution in [2.45, 2.75) is 19.4 Å². The van der Waals surface area contributed by atoms with Crippen LogP contribution in [0.4, 0.5) is 4.39 Å². The van der Waals surface area contributed by atoms with E-state index in [0.717, 1.165) is 6.07 Å². The zero-order valence-corrected chi connectivity index (χ0v) is 13.6. The first kappa shape index (κ1) is 16.5. The zero-order chi connectivity index (χ0) is 15.8. The number of carbonyl (C=O) groups is 1. The number of rotatable bonds is 3. The third-order valence-corrected chi connectivity index (χ3v) is 5.84. The number of hydrogen-bond donors (Lipinski definition) is 0. The van der Waals surface area contributed by atoms with Gasteiger partial charge in [0.1, 0.15) is 5.82 Å². The van der Waals surface area contributed by atoms with Crippen molar-refractivity contribution in [3.63, 3.8) is 0 Å². The molecule has 21 heavy (non-hydrogen) atoms. The number of sulfone groups is 1. The van der Waals surface area contributed by atoms with Crippen LogP contribution in [0.2, 0.25) is 10.0 Å². The van der Waals surface area contributed by atoms with Gasteiger partial charge >= 0.3 is 0 Å². The third kappa shape index (κ3) is 3.49. The molecule has 1 aliphatic heterocycles. The molecule has 116 valence electrons. The molecule has 8 heteroatoms. The molecule has 1 fully saturated rings. The molecule has 1 unspecified atom stereocenters. The van der Waals surface area contributed by atoms with E-state index in [1.807, 2.05) is 0 Å². The topological polar surface area (TPSA) is 54.5 Å². The summed E-state index contributed by atoms with van der Waals surface area (Å²) in [4.78, 5) is 13.9. The second-order valence-electron chi connectivity index (χ2n) is 4.89. The van der Waals surface area contributed by atoms with Gasteiger partial charge in [-0.3, -0.25) is 4.79 Å². The molecule has 0 aliphatic carbocycles. The van der Waals surface area contributed by atoms with Crippen LogP contribution >= 0.6 is 23.2 Å². The van der Waals surface area contributed by atoms with E-state index in [1.165, 1.54) is 11.0 Å². The monoisotopic (exact) mass is 353 g/mol. The Balaban J connectivity index is 2.31. The minimum absolute atomic E-state index is 0.00952. The highest BCUT2D eigenvalue weighted by atomic mass is 35.5. The highest BCUT2D eigenvalue weighted by molar-refractivity contribution is 7.91. The van der Waals surface area contributed by atoms with Crippen LogP contribution in [-0.4, -0.2) is 43.3 Å². The molecule has 0 radical (unpaired) electrons. The summed E-state index contributed by atoms with van der Waals surface area (Å²) in [5, 5.41) is -0.117.